The standard InChI is InChI=1S/C10H10ClNO/c1-2-7-8-5-6(11)3-4-9(8)12-10(7)13/h3-5,7H,2H2,1H3,(H,12,13)/t7-/m1/s1. The van der Waals surface area contributed by atoms with Gasteiger partial charge in [-0.1, -0.05) is 18.5 Å². The minimum Gasteiger partial charge on any atom is -0.325 e. The zero-order valence-electron chi connectivity index (χ0n) is 7.30. The molecule has 1 aromatic carbocycles. The van der Waals surface area contributed by atoms with Gasteiger partial charge in [0.1, 0.15) is 0 Å². The molecule has 0 spiro atoms. The van der Waals surface area contributed by atoms with E-state index in [1.807, 2.05) is 19.1 Å². The molecule has 13 heavy (non-hydrogen) atoms. The first-order chi connectivity index (χ1) is 6.22. The fourth-order valence-corrected chi connectivity index (χ4v) is 1.88. The first-order valence-electron chi connectivity index (χ1n) is 4.32. The van der Waals surface area contributed by atoms with Gasteiger partial charge >= 0.3 is 0 Å². The molecule has 68 valence electrons. The van der Waals surface area contributed by atoms with Gasteiger partial charge in [-0.15, -0.1) is 0 Å². The first-order valence-corrected chi connectivity index (χ1v) is 4.70. The molecule has 0 aromatic heterocycles. The number of anilines is 1. The Morgan fingerprint density at radius 2 is 2.31 bits per heavy atom. The van der Waals surface area contributed by atoms with Crippen molar-refractivity contribution < 1.29 is 4.79 Å². The average Bonchev–Trinajstić information content (AvgIpc) is 2.40. The van der Waals surface area contributed by atoms with Crippen LogP contribution in [0.25, 0.3) is 0 Å². The molecule has 0 aliphatic carbocycles. The van der Waals surface area contributed by atoms with Crippen LogP contribution in [0.3, 0.4) is 0 Å². The Morgan fingerprint density at radius 1 is 1.54 bits per heavy atom. The van der Waals surface area contributed by atoms with Gasteiger partial charge in [0.25, 0.3) is 0 Å². The van der Waals surface area contributed by atoms with Crippen molar-refractivity contribution in [1.29, 1.82) is 0 Å². The zero-order chi connectivity index (χ0) is 9.42. The summed E-state index contributed by atoms with van der Waals surface area (Å²) in [6, 6.07) is 5.51. The summed E-state index contributed by atoms with van der Waals surface area (Å²) < 4.78 is 0. The lowest BCUT2D eigenvalue weighted by molar-refractivity contribution is -0.117. The molecule has 1 N–H and O–H groups in total. The van der Waals surface area contributed by atoms with Gasteiger partial charge < -0.3 is 5.32 Å². The molecule has 0 fully saturated rings. The number of hydrogen-bond donors (Lipinski definition) is 1. The SMILES string of the molecule is CC[C@H]1C(=O)Nc2ccc(Cl)cc21. The van der Waals surface area contributed by atoms with E-state index in [9.17, 15) is 4.79 Å². The molecule has 0 bridgehead atoms. The Hall–Kier alpha value is -1.02. The Kier molecular flexibility index (Phi) is 2.00. The van der Waals surface area contributed by atoms with Crippen LogP contribution in [0.1, 0.15) is 24.8 Å². The molecule has 3 heteroatoms. The number of rotatable bonds is 1. The molecule has 1 amide bonds. The van der Waals surface area contributed by atoms with Crippen molar-refractivity contribution in [2.24, 2.45) is 0 Å². The third-order valence-electron chi connectivity index (χ3n) is 2.37. The van der Waals surface area contributed by atoms with Crippen molar-refractivity contribution >= 4 is 23.2 Å². The summed E-state index contributed by atoms with van der Waals surface area (Å²) >= 11 is 5.85. The highest BCUT2D eigenvalue weighted by Gasteiger charge is 2.28. The number of nitrogens with one attached hydrogen (secondary N) is 1. The van der Waals surface area contributed by atoms with E-state index in [0.29, 0.717) is 5.02 Å². The van der Waals surface area contributed by atoms with Gasteiger partial charge in [-0.3, -0.25) is 4.79 Å². The number of fused-ring (bicyclic) bond motifs is 1. The van der Waals surface area contributed by atoms with E-state index >= 15 is 0 Å². The van der Waals surface area contributed by atoms with Gasteiger partial charge in [0.2, 0.25) is 5.91 Å². The summed E-state index contributed by atoms with van der Waals surface area (Å²) in [5.74, 6) is 0.0634. The van der Waals surface area contributed by atoms with Gasteiger partial charge in [0.05, 0.1) is 5.92 Å². The highest BCUT2D eigenvalue weighted by Crippen LogP contribution is 2.35. The quantitative estimate of drug-likeness (QED) is 0.734. The number of halogens is 1. The van der Waals surface area contributed by atoms with Gasteiger partial charge in [-0.25, -0.2) is 0 Å². The van der Waals surface area contributed by atoms with E-state index in [0.717, 1.165) is 17.7 Å². The lowest BCUT2D eigenvalue weighted by atomic mass is 9.98. The molecule has 0 radical (unpaired) electrons. The van der Waals surface area contributed by atoms with Gasteiger partial charge in [0.15, 0.2) is 0 Å². The van der Waals surface area contributed by atoms with E-state index in [-0.39, 0.29) is 11.8 Å². The minimum absolute atomic E-state index is 0.0197. The maximum absolute atomic E-state index is 11.4. The third kappa shape index (κ3) is 1.31. The van der Waals surface area contributed by atoms with E-state index in [2.05, 4.69) is 5.32 Å². The van der Waals surface area contributed by atoms with Crippen molar-refractivity contribution in [3.63, 3.8) is 0 Å². The topological polar surface area (TPSA) is 29.1 Å². The summed E-state index contributed by atoms with van der Waals surface area (Å²) in [6.07, 6.45) is 0.819. The minimum atomic E-state index is -0.0197. The van der Waals surface area contributed by atoms with Crippen molar-refractivity contribution in [1.82, 2.24) is 0 Å². The Labute approximate surface area is 81.9 Å². The van der Waals surface area contributed by atoms with Crippen molar-refractivity contribution in [2.45, 2.75) is 19.3 Å². The fraction of sp³-hybridized carbons (Fsp3) is 0.300. The molecule has 0 saturated carbocycles. The Bertz CT molecular complexity index is 362. The summed E-state index contributed by atoms with van der Waals surface area (Å²) in [4.78, 5) is 11.4. The highest BCUT2D eigenvalue weighted by molar-refractivity contribution is 6.31. The third-order valence-corrected chi connectivity index (χ3v) is 2.61. The monoisotopic (exact) mass is 195 g/mol. The fourth-order valence-electron chi connectivity index (χ4n) is 1.70. The van der Waals surface area contributed by atoms with E-state index < -0.39 is 0 Å². The maximum Gasteiger partial charge on any atom is 0.231 e. The van der Waals surface area contributed by atoms with Crippen LogP contribution in [-0.4, -0.2) is 5.91 Å². The van der Waals surface area contributed by atoms with Crippen molar-refractivity contribution in [3.05, 3.63) is 28.8 Å². The normalized spacial score (nSPS) is 19.8. The molecule has 1 heterocycles. The zero-order valence-corrected chi connectivity index (χ0v) is 8.06. The summed E-state index contributed by atoms with van der Waals surface area (Å²) in [6.45, 7) is 2.00. The second-order valence-corrected chi connectivity index (χ2v) is 3.62. The van der Waals surface area contributed by atoms with Crippen LogP contribution in [0, 0.1) is 0 Å². The van der Waals surface area contributed by atoms with Crippen molar-refractivity contribution in [3.8, 4) is 0 Å². The van der Waals surface area contributed by atoms with E-state index in [4.69, 9.17) is 11.6 Å². The lowest BCUT2D eigenvalue weighted by Gasteiger charge is -2.03. The van der Waals surface area contributed by atoms with Crippen LogP contribution in [0.4, 0.5) is 5.69 Å². The Morgan fingerprint density at radius 3 is 3.00 bits per heavy atom. The molecule has 1 aromatic rings. The van der Waals surface area contributed by atoms with Crippen molar-refractivity contribution in [2.75, 3.05) is 5.32 Å². The number of carbonyl (C=O) groups excluding carboxylic acids is 1. The molecule has 1 aliphatic rings. The van der Waals surface area contributed by atoms with Crippen LogP contribution in [0.5, 0.6) is 0 Å². The number of amides is 1. The largest absolute Gasteiger partial charge is 0.325 e. The van der Waals surface area contributed by atoms with Crippen LogP contribution in [0.15, 0.2) is 18.2 Å². The molecule has 0 saturated heterocycles. The van der Waals surface area contributed by atoms with Gasteiger partial charge in [-0.05, 0) is 30.2 Å². The summed E-state index contributed by atoms with van der Waals surface area (Å²) in [5, 5.41) is 3.52. The highest BCUT2D eigenvalue weighted by atomic mass is 35.5. The van der Waals surface area contributed by atoms with Crippen LogP contribution in [-0.2, 0) is 4.79 Å². The smallest absolute Gasteiger partial charge is 0.231 e. The summed E-state index contributed by atoms with van der Waals surface area (Å²) in [7, 11) is 0. The number of hydrogen-bond acceptors (Lipinski definition) is 1. The van der Waals surface area contributed by atoms with E-state index in [1.54, 1.807) is 6.07 Å². The average molecular weight is 196 g/mol. The van der Waals surface area contributed by atoms with E-state index in [1.165, 1.54) is 0 Å². The molecular weight excluding hydrogens is 186 g/mol. The van der Waals surface area contributed by atoms with Gasteiger partial charge in [0, 0.05) is 10.7 Å². The Balaban J connectivity index is 2.50. The number of benzene rings is 1. The molecule has 0 unspecified atom stereocenters. The van der Waals surface area contributed by atoms with Crippen LogP contribution >= 0.6 is 11.6 Å². The lowest BCUT2D eigenvalue weighted by Crippen LogP contribution is -2.10. The number of carbonyl (C=O) groups is 1. The molecule has 2 nitrogen and oxygen atoms in total. The second kappa shape index (κ2) is 3.04. The summed E-state index contributed by atoms with van der Waals surface area (Å²) in [5.41, 5.74) is 1.93. The maximum atomic E-state index is 11.4. The molecule has 1 aliphatic heterocycles. The second-order valence-electron chi connectivity index (χ2n) is 3.18. The predicted molar refractivity (Wildman–Crippen MR) is 53.1 cm³/mol. The molecular formula is C10H10ClNO. The van der Waals surface area contributed by atoms with Crippen LogP contribution < -0.4 is 5.32 Å². The molecule has 1 atom stereocenters. The van der Waals surface area contributed by atoms with Crippen LogP contribution in [0.2, 0.25) is 5.02 Å². The first kappa shape index (κ1) is 8.57. The predicted octanol–water partition coefficient (Wildman–Crippen LogP) is 2.79. The van der Waals surface area contributed by atoms with Gasteiger partial charge in [-0.2, -0.15) is 0 Å². The molecule has 2 rings (SSSR count).